The summed E-state index contributed by atoms with van der Waals surface area (Å²) in [5.41, 5.74) is 19.7. The Morgan fingerprint density at radius 1 is 0.271 bits per heavy atom. The van der Waals surface area contributed by atoms with E-state index in [2.05, 4.69) is 104 Å². The number of ether oxygens (including phenoxy) is 18. The first-order chi connectivity index (χ1) is 62.4. The lowest BCUT2D eigenvalue weighted by molar-refractivity contribution is -0.251. The van der Waals surface area contributed by atoms with Crippen molar-refractivity contribution in [2.24, 2.45) is 75.9 Å². The molecule has 10 N–H and O–H groups in total. The van der Waals surface area contributed by atoms with Gasteiger partial charge in [-0.05, 0) is 119 Å². The number of hydrogen-bond acceptors (Lipinski definition) is 30. The predicted molar refractivity (Wildman–Crippen MR) is 500 cm³/mol. The molecule has 3 aliphatic rings. The lowest BCUT2D eigenvalue weighted by atomic mass is 9.78. The summed E-state index contributed by atoms with van der Waals surface area (Å²) in [5, 5.41) is 12.4. The quantitative estimate of drug-likeness (QED) is 0.0278. The minimum absolute atomic E-state index is 0.0747. The SMILES string of the molecule is CCC1O[C@H](OCCOCCOCCOCCN/C=C(\N)CCC(=O)CCCCCC(=O)CCOCC(CC)(COCCC(=O)CCCCCC(=O)CC/C(N)=C/NCCOCCOCCOCCO[C@H]2OC(CC)[C@@H](C)[C@H](C)C2C)COCCC(=O)NCCCCC(=O)CC/C(N)=C/NCCOCCOCCOCCO[C@H]2OC(CC)[C@@H](C)[C@H](C)C2C)C(C)[C@@H](C)[C@@H]1C. The Labute approximate surface area is 776 Å². The highest BCUT2D eigenvalue weighted by atomic mass is 16.7. The molecule has 3 rings (SSSR count). The summed E-state index contributed by atoms with van der Waals surface area (Å²) in [5.74, 6) is 4.49. The van der Waals surface area contributed by atoms with E-state index in [1.807, 2.05) is 6.92 Å². The van der Waals surface area contributed by atoms with Crippen molar-refractivity contribution in [3.05, 3.63) is 35.7 Å². The fourth-order valence-corrected chi connectivity index (χ4v) is 15.7. The van der Waals surface area contributed by atoms with Gasteiger partial charge in [0.05, 0.1) is 197 Å². The van der Waals surface area contributed by atoms with Gasteiger partial charge in [-0.25, -0.2) is 0 Å². The van der Waals surface area contributed by atoms with Crippen molar-refractivity contribution >= 4 is 34.8 Å². The number of ketones is 5. The molecular formula is C98H181N7O24. The summed E-state index contributed by atoms with van der Waals surface area (Å²) in [6.45, 7) is 41.9. The van der Waals surface area contributed by atoms with Crippen LogP contribution in [0.5, 0.6) is 0 Å². The van der Waals surface area contributed by atoms with Gasteiger partial charge < -0.3 is 124 Å². The smallest absolute Gasteiger partial charge is 0.222 e. The van der Waals surface area contributed by atoms with Crippen LogP contribution >= 0.6 is 0 Å². The lowest BCUT2D eigenvalue weighted by Gasteiger charge is -2.43. The number of allylic oxidation sites excluding steroid dienone is 3. The van der Waals surface area contributed by atoms with Crippen LogP contribution in [-0.4, -0.2) is 277 Å². The topological polar surface area (TPSA) is 395 Å². The molecule has 0 radical (unpaired) electrons. The molecule has 31 nitrogen and oxygen atoms in total. The van der Waals surface area contributed by atoms with Gasteiger partial charge in [0, 0.05) is 156 Å². The molecule has 6 unspecified atom stereocenters. The normalized spacial score (nSPS) is 23.3. The van der Waals surface area contributed by atoms with Crippen LogP contribution in [0.15, 0.2) is 35.7 Å². The fourth-order valence-electron chi connectivity index (χ4n) is 15.7. The molecule has 0 aromatic rings. The largest absolute Gasteiger partial charge is 0.401 e. The van der Waals surface area contributed by atoms with E-state index in [1.165, 1.54) is 0 Å². The molecule has 3 heterocycles. The second kappa shape index (κ2) is 76.3. The number of nitrogens with two attached hydrogens (primary N) is 3. The van der Waals surface area contributed by atoms with Crippen LogP contribution in [0.4, 0.5) is 0 Å². The molecule has 0 aromatic carbocycles. The number of unbranched alkanes of at least 4 members (excludes halogenated alkanes) is 5. The van der Waals surface area contributed by atoms with E-state index in [-0.39, 0.29) is 131 Å². The summed E-state index contributed by atoms with van der Waals surface area (Å²) in [6, 6.07) is 0. The maximum atomic E-state index is 13.0. The van der Waals surface area contributed by atoms with Gasteiger partial charge in [0.2, 0.25) is 5.91 Å². The first-order valence-corrected chi connectivity index (χ1v) is 49.5. The third-order valence-corrected chi connectivity index (χ3v) is 25.6. The van der Waals surface area contributed by atoms with Gasteiger partial charge in [0.1, 0.15) is 28.9 Å². The standard InChI is InChI=1S/C98H181N7O24/c1-14-91-77(8)74(5)80(11)95(127-91)124-65-62-118-59-56-115-53-50-112-47-41-102-68-83(99)31-34-86(106)26-20-18-22-28-89(109)37-44-121-71-98(17-4,72-122-45-38-90(110)29-23-19-21-27-87(107)35-32-84(100)69-103-42-48-113-51-54-116-57-60-119-63-66-125-96-81(12)75(6)78(9)92(15-2)128-96)73-123-46-39-94(111)105-40-25-24-30-88(108)36-33-85(101)70-104-43-49-114-52-55-117-58-61-120-64-67-126-97-82(13)76(7)79(10)93(16-3)129-97/h68-70,74-82,91-93,95-97,102-104H,14-67,71-73,99-101H2,1-13H3,(H,105,111)/b83-68-,84-69-,85-70-/t74-,75-,76-,77-,78-,79-,80?,81?,82?,91?,92?,93?,95-,96-,97-,98?/m0/s1. The zero-order valence-corrected chi connectivity index (χ0v) is 82.2. The van der Waals surface area contributed by atoms with Gasteiger partial charge in [0.25, 0.3) is 0 Å². The average molecular weight is 1840 g/mol. The number of hydrogen-bond donors (Lipinski definition) is 7. The van der Waals surface area contributed by atoms with E-state index in [9.17, 15) is 28.8 Å². The number of amides is 1. The Bertz CT molecular complexity index is 2660. The third kappa shape index (κ3) is 56.9. The number of rotatable bonds is 87. The van der Waals surface area contributed by atoms with Crippen LogP contribution in [0.2, 0.25) is 0 Å². The monoisotopic (exact) mass is 1840 g/mol. The molecule has 31 heteroatoms. The number of carbonyl (C=O) groups is 6. The summed E-state index contributed by atoms with van der Waals surface area (Å²) >= 11 is 0. The lowest BCUT2D eigenvalue weighted by Crippen LogP contribution is -2.45. The Morgan fingerprint density at radius 2 is 0.527 bits per heavy atom. The maximum Gasteiger partial charge on any atom is 0.222 e. The van der Waals surface area contributed by atoms with E-state index in [1.54, 1.807) is 18.6 Å². The van der Waals surface area contributed by atoms with E-state index >= 15 is 0 Å². The van der Waals surface area contributed by atoms with E-state index in [0.29, 0.717) is 351 Å². The minimum Gasteiger partial charge on any atom is -0.401 e. The van der Waals surface area contributed by atoms with Gasteiger partial charge >= 0.3 is 0 Å². The van der Waals surface area contributed by atoms with Crippen molar-refractivity contribution < 1.29 is 114 Å². The molecule has 0 bridgehead atoms. The van der Waals surface area contributed by atoms with Crippen LogP contribution in [0.1, 0.15) is 257 Å². The Kier molecular flexibility index (Phi) is 70.0. The van der Waals surface area contributed by atoms with Gasteiger partial charge in [-0.2, -0.15) is 0 Å². The Morgan fingerprint density at radius 3 is 0.806 bits per heavy atom. The van der Waals surface area contributed by atoms with Gasteiger partial charge in [-0.15, -0.1) is 0 Å². The third-order valence-electron chi connectivity index (χ3n) is 25.6. The zero-order chi connectivity index (χ0) is 94.3. The molecular weight excluding hydrogens is 1660 g/mol. The number of carbonyl (C=O) groups excluding carboxylic acids is 6. The molecule has 0 aromatic heterocycles. The molecule has 0 spiro atoms. The molecule has 752 valence electrons. The van der Waals surface area contributed by atoms with Crippen molar-refractivity contribution in [2.75, 3.05) is 205 Å². The molecule has 15 atom stereocenters. The average Bonchev–Trinajstić information content (AvgIpc) is 0.831. The molecule has 1 amide bonds. The summed E-state index contributed by atoms with van der Waals surface area (Å²) in [4.78, 5) is 77.1. The van der Waals surface area contributed by atoms with Crippen LogP contribution < -0.4 is 38.5 Å². The van der Waals surface area contributed by atoms with Crippen LogP contribution in [0.3, 0.4) is 0 Å². The van der Waals surface area contributed by atoms with Crippen LogP contribution in [0, 0.1) is 58.7 Å². The predicted octanol–water partition coefficient (Wildman–Crippen LogP) is 12.5. The first kappa shape index (κ1) is 118. The molecule has 3 fully saturated rings. The summed E-state index contributed by atoms with van der Waals surface area (Å²) < 4.78 is 106. The zero-order valence-electron chi connectivity index (χ0n) is 82.2. The van der Waals surface area contributed by atoms with E-state index in [4.69, 9.17) is 102 Å². The van der Waals surface area contributed by atoms with Crippen molar-refractivity contribution in [1.29, 1.82) is 0 Å². The highest BCUT2D eigenvalue weighted by Gasteiger charge is 2.42. The molecule has 3 aliphatic heterocycles. The summed E-state index contributed by atoms with van der Waals surface area (Å²) in [6.07, 6.45) is 19.2. The van der Waals surface area contributed by atoms with Gasteiger partial charge in [0.15, 0.2) is 18.9 Å². The highest BCUT2D eigenvalue weighted by molar-refractivity contribution is 5.80. The van der Waals surface area contributed by atoms with Crippen molar-refractivity contribution in [3.63, 3.8) is 0 Å². The van der Waals surface area contributed by atoms with Crippen LogP contribution in [0.25, 0.3) is 0 Å². The van der Waals surface area contributed by atoms with Gasteiger partial charge in [-0.1, -0.05) is 103 Å². The second-order valence-electron chi connectivity index (χ2n) is 35.6. The highest BCUT2D eigenvalue weighted by Crippen LogP contribution is 2.39. The molecule has 0 saturated carbocycles. The number of nitrogens with one attached hydrogen (secondary N) is 4. The second-order valence-corrected chi connectivity index (χ2v) is 35.6. The minimum atomic E-state index is -0.623. The molecule has 0 aliphatic carbocycles. The van der Waals surface area contributed by atoms with E-state index < -0.39 is 5.41 Å². The van der Waals surface area contributed by atoms with Gasteiger partial charge in [-0.3, -0.25) is 28.8 Å². The molecule has 129 heavy (non-hydrogen) atoms. The Balaban J connectivity index is 1.27. The maximum absolute atomic E-state index is 13.0. The van der Waals surface area contributed by atoms with Crippen molar-refractivity contribution in [1.82, 2.24) is 21.3 Å². The van der Waals surface area contributed by atoms with Crippen LogP contribution in [-0.2, 0) is 114 Å². The van der Waals surface area contributed by atoms with E-state index in [0.717, 1.165) is 32.1 Å². The van der Waals surface area contributed by atoms with Crippen molar-refractivity contribution in [2.45, 2.75) is 294 Å². The fraction of sp³-hybridized carbons (Fsp3) is 0.878. The van der Waals surface area contributed by atoms with Crippen molar-refractivity contribution in [3.8, 4) is 0 Å². The Hall–Kier alpha value is -4.88. The first-order valence-electron chi connectivity index (χ1n) is 49.5. The summed E-state index contributed by atoms with van der Waals surface area (Å²) in [7, 11) is 0. The number of Topliss-reactive ketones (excluding diaryl/α,β-unsaturated/α-hetero) is 5. The molecule has 3 saturated heterocycles.